The van der Waals surface area contributed by atoms with Gasteiger partial charge in [0.1, 0.15) is 0 Å². The Bertz CT molecular complexity index is 670. The Morgan fingerprint density at radius 2 is 2.40 bits per heavy atom. The molecule has 0 spiro atoms. The third kappa shape index (κ3) is 2.62. The monoisotopic (exact) mass is 305 g/mol. The van der Waals surface area contributed by atoms with Gasteiger partial charge >= 0.3 is 0 Å². The maximum Gasteiger partial charge on any atom is 0.268 e. The topological polar surface area (TPSA) is 47.8 Å². The SMILES string of the molecule is CCn1c(SCc2cccnc2)nc2c(c1=O)SCC2. The molecule has 0 atom stereocenters. The normalized spacial score (nSPS) is 13.4. The van der Waals surface area contributed by atoms with Gasteiger partial charge in [-0.1, -0.05) is 17.8 Å². The number of rotatable bonds is 4. The Labute approximate surface area is 126 Å². The van der Waals surface area contributed by atoms with E-state index in [0.29, 0.717) is 6.54 Å². The van der Waals surface area contributed by atoms with E-state index >= 15 is 0 Å². The summed E-state index contributed by atoms with van der Waals surface area (Å²) in [4.78, 5) is 22.0. The van der Waals surface area contributed by atoms with Crippen LogP contribution in [0, 0.1) is 0 Å². The molecule has 0 N–H and O–H groups in total. The maximum atomic E-state index is 12.4. The molecule has 0 fully saturated rings. The number of aromatic nitrogens is 3. The Kier molecular flexibility index (Phi) is 4.12. The van der Waals surface area contributed by atoms with Gasteiger partial charge in [0, 0.05) is 36.9 Å². The molecule has 0 saturated heterocycles. The quantitative estimate of drug-likeness (QED) is 0.642. The lowest BCUT2D eigenvalue weighted by molar-refractivity contribution is 0.597. The van der Waals surface area contributed by atoms with E-state index < -0.39 is 0 Å². The van der Waals surface area contributed by atoms with E-state index in [4.69, 9.17) is 0 Å². The highest BCUT2D eigenvalue weighted by Crippen LogP contribution is 2.29. The first kappa shape index (κ1) is 13.7. The lowest BCUT2D eigenvalue weighted by Crippen LogP contribution is -2.24. The van der Waals surface area contributed by atoms with Gasteiger partial charge in [0.2, 0.25) is 0 Å². The van der Waals surface area contributed by atoms with Gasteiger partial charge in [-0.2, -0.15) is 0 Å². The summed E-state index contributed by atoms with van der Waals surface area (Å²) in [5, 5.41) is 0.822. The molecule has 2 aromatic heterocycles. The first-order chi connectivity index (χ1) is 9.79. The summed E-state index contributed by atoms with van der Waals surface area (Å²) in [6.45, 7) is 2.65. The lowest BCUT2D eigenvalue weighted by atomic mass is 10.3. The molecule has 2 aromatic rings. The average molecular weight is 305 g/mol. The van der Waals surface area contributed by atoms with Crippen LogP contribution in [-0.4, -0.2) is 20.3 Å². The second kappa shape index (κ2) is 6.01. The Balaban J connectivity index is 1.89. The van der Waals surface area contributed by atoms with Gasteiger partial charge in [-0.05, 0) is 18.6 Å². The molecule has 3 rings (SSSR count). The minimum absolute atomic E-state index is 0.119. The highest BCUT2D eigenvalue weighted by atomic mass is 32.2. The van der Waals surface area contributed by atoms with E-state index in [1.54, 1.807) is 34.3 Å². The Morgan fingerprint density at radius 3 is 3.15 bits per heavy atom. The molecule has 0 unspecified atom stereocenters. The van der Waals surface area contributed by atoms with E-state index in [2.05, 4.69) is 9.97 Å². The standard InChI is InChI=1S/C14H15N3OS2/c1-2-17-13(18)12-11(5-7-19-12)16-14(17)20-9-10-4-3-6-15-8-10/h3-4,6,8H,2,5,7,9H2,1H3. The first-order valence-electron chi connectivity index (χ1n) is 6.58. The van der Waals surface area contributed by atoms with Gasteiger partial charge in [-0.25, -0.2) is 4.98 Å². The molecule has 4 nitrogen and oxygen atoms in total. The molecule has 0 aromatic carbocycles. The van der Waals surface area contributed by atoms with E-state index in [0.717, 1.165) is 39.2 Å². The van der Waals surface area contributed by atoms with Crippen molar-refractivity contribution in [1.29, 1.82) is 0 Å². The summed E-state index contributed by atoms with van der Waals surface area (Å²) in [6, 6.07) is 3.97. The zero-order chi connectivity index (χ0) is 13.9. The molecule has 0 saturated carbocycles. The number of pyridine rings is 1. The second-order valence-electron chi connectivity index (χ2n) is 4.47. The predicted octanol–water partition coefficient (Wildman–Crippen LogP) is 2.60. The number of fused-ring (bicyclic) bond motifs is 1. The number of hydrogen-bond donors (Lipinski definition) is 0. The smallest absolute Gasteiger partial charge is 0.268 e. The Morgan fingerprint density at radius 1 is 1.50 bits per heavy atom. The van der Waals surface area contributed by atoms with E-state index in [9.17, 15) is 4.79 Å². The minimum Gasteiger partial charge on any atom is -0.287 e. The fourth-order valence-electron chi connectivity index (χ4n) is 2.14. The molecule has 1 aliphatic rings. The number of hydrogen-bond acceptors (Lipinski definition) is 5. The number of aryl methyl sites for hydroxylation is 1. The molecule has 104 valence electrons. The van der Waals surface area contributed by atoms with E-state index in [1.807, 2.05) is 25.3 Å². The van der Waals surface area contributed by atoms with Crippen molar-refractivity contribution in [2.45, 2.75) is 35.7 Å². The molecular formula is C14H15N3OS2. The van der Waals surface area contributed by atoms with Gasteiger partial charge in [0.05, 0.1) is 10.6 Å². The number of thioether (sulfide) groups is 2. The molecule has 0 bridgehead atoms. The van der Waals surface area contributed by atoms with Crippen LogP contribution >= 0.6 is 23.5 Å². The molecule has 0 radical (unpaired) electrons. The largest absolute Gasteiger partial charge is 0.287 e. The molecule has 1 aliphatic heterocycles. The average Bonchev–Trinajstić information content (AvgIpc) is 2.95. The molecular weight excluding hydrogens is 290 g/mol. The van der Waals surface area contributed by atoms with Crippen LogP contribution in [-0.2, 0) is 18.7 Å². The van der Waals surface area contributed by atoms with Crippen LogP contribution in [0.4, 0.5) is 0 Å². The van der Waals surface area contributed by atoms with Crippen molar-refractivity contribution in [2.24, 2.45) is 0 Å². The van der Waals surface area contributed by atoms with E-state index in [1.165, 1.54) is 0 Å². The lowest BCUT2D eigenvalue weighted by Gasteiger charge is -2.11. The van der Waals surface area contributed by atoms with Crippen molar-refractivity contribution in [3.05, 3.63) is 46.1 Å². The zero-order valence-corrected chi connectivity index (χ0v) is 12.8. The van der Waals surface area contributed by atoms with Crippen LogP contribution in [0.25, 0.3) is 0 Å². The van der Waals surface area contributed by atoms with Crippen LogP contribution in [0.2, 0.25) is 0 Å². The van der Waals surface area contributed by atoms with Crippen molar-refractivity contribution < 1.29 is 0 Å². The number of nitrogens with zero attached hydrogens (tertiary/aromatic N) is 3. The van der Waals surface area contributed by atoms with E-state index in [-0.39, 0.29) is 5.56 Å². The maximum absolute atomic E-state index is 12.4. The highest BCUT2D eigenvalue weighted by molar-refractivity contribution is 7.99. The molecule has 20 heavy (non-hydrogen) atoms. The third-order valence-electron chi connectivity index (χ3n) is 3.16. The van der Waals surface area contributed by atoms with Crippen molar-refractivity contribution in [2.75, 3.05) is 5.75 Å². The summed E-state index contributed by atoms with van der Waals surface area (Å²) >= 11 is 3.24. The van der Waals surface area contributed by atoms with Crippen LogP contribution in [0.3, 0.4) is 0 Å². The van der Waals surface area contributed by atoms with Crippen LogP contribution in [0.1, 0.15) is 18.2 Å². The zero-order valence-electron chi connectivity index (χ0n) is 11.2. The van der Waals surface area contributed by atoms with Gasteiger partial charge < -0.3 is 0 Å². The summed E-state index contributed by atoms with van der Waals surface area (Å²) in [5.74, 6) is 1.75. The van der Waals surface area contributed by atoms with Crippen LogP contribution in [0.5, 0.6) is 0 Å². The second-order valence-corrected chi connectivity index (χ2v) is 6.52. The Hall–Kier alpha value is -1.27. The summed E-state index contributed by atoms with van der Waals surface area (Å²) in [5.41, 5.74) is 2.23. The summed E-state index contributed by atoms with van der Waals surface area (Å²) in [6.07, 6.45) is 4.52. The molecule has 0 aliphatic carbocycles. The van der Waals surface area contributed by atoms with Gasteiger partial charge in [0.15, 0.2) is 5.16 Å². The highest BCUT2D eigenvalue weighted by Gasteiger charge is 2.20. The summed E-state index contributed by atoms with van der Waals surface area (Å²) < 4.78 is 1.78. The van der Waals surface area contributed by atoms with Crippen molar-refractivity contribution in [1.82, 2.24) is 14.5 Å². The predicted molar refractivity (Wildman–Crippen MR) is 82.4 cm³/mol. The molecule has 6 heteroatoms. The summed E-state index contributed by atoms with van der Waals surface area (Å²) in [7, 11) is 0. The van der Waals surface area contributed by atoms with Gasteiger partial charge in [0.25, 0.3) is 5.56 Å². The first-order valence-corrected chi connectivity index (χ1v) is 8.55. The van der Waals surface area contributed by atoms with Crippen molar-refractivity contribution in [3.63, 3.8) is 0 Å². The minimum atomic E-state index is 0.119. The van der Waals surface area contributed by atoms with Gasteiger partial charge in [-0.15, -0.1) is 11.8 Å². The fraction of sp³-hybridized carbons (Fsp3) is 0.357. The van der Waals surface area contributed by atoms with Crippen molar-refractivity contribution in [3.8, 4) is 0 Å². The molecule has 0 amide bonds. The van der Waals surface area contributed by atoms with Crippen LogP contribution < -0.4 is 5.56 Å². The van der Waals surface area contributed by atoms with Crippen molar-refractivity contribution >= 4 is 23.5 Å². The fourth-order valence-corrected chi connectivity index (χ4v) is 4.20. The third-order valence-corrected chi connectivity index (χ3v) is 5.31. The molecule has 3 heterocycles. The van der Waals surface area contributed by atoms with Gasteiger partial charge in [-0.3, -0.25) is 14.3 Å². The van der Waals surface area contributed by atoms with Crippen LogP contribution in [0.15, 0.2) is 39.4 Å².